The Labute approximate surface area is 166 Å². The highest BCUT2D eigenvalue weighted by atomic mass is 28.3. The number of rotatable bonds is 2. The zero-order valence-corrected chi connectivity index (χ0v) is 17.5. The molecule has 0 N–H and O–H groups in total. The molecule has 0 radical (unpaired) electrons. The summed E-state index contributed by atoms with van der Waals surface area (Å²) in [4.78, 5) is 4.83. The summed E-state index contributed by atoms with van der Waals surface area (Å²) in [6, 6.07) is 28.6. The Balaban J connectivity index is 1.86. The van der Waals surface area contributed by atoms with E-state index in [1.54, 1.807) is 0 Å². The van der Waals surface area contributed by atoms with Crippen molar-refractivity contribution < 1.29 is 0 Å². The molecule has 0 aliphatic carbocycles. The van der Waals surface area contributed by atoms with E-state index in [0.717, 1.165) is 5.69 Å². The number of benzene rings is 4. The second-order valence-corrected chi connectivity index (χ2v) is 13.6. The Morgan fingerprint density at radius 2 is 1.32 bits per heavy atom. The number of hydrogen-bond donors (Lipinski definition) is 0. The van der Waals surface area contributed by atoms with Gasteiger partial charge in [0.15, 0.2) is 0 Å². The van der Waals surface area contributed by atoms with Gasteiger partial charge in [0.2, 0.25) is 0 Å². The third kappa shape index (κ3) is 2.73. The van der Waals surface area contributed by atoms with E-state index >= 15 is 0 Å². The lowest BCUT2D eigenvalue weighted by Gasteiger charge is -2.21. The first-order valence-electron chi connectivity index (χ1n) is 9.82. The first-order chi connectivity index (χ1) is 13.5. The van der Waals surface area contributed by atoms with Crippen LogP contribution in [0.25, 0.3) is 43.6 Å². The van der Waals surface area contributed by atoms with Crippen molar-refractivity contribution >= 4 is 45.6 Å². The molecule has 0 saturated carbocycles. The quantitative estimate of drug-likeness (QED) is 0.245. The van der Waals surface area contributed by atoms with Gasteiger partial charge in [-0.3, -0.25) is 4.98 Å². The highest BCUT2D eigenvalue weighted by Crippen LogP contribution is 2.33. The molecule has 1 nitrogen and oxygen atoms in total. The van der Waals surface area contributed by atoms with E-state index < -0.39 is 8.07 Å². The van der Waals surface area contributed by atoms with Crippen LogP contribution in [0.5, 0.6) is 0 Å². The fourth-order valence-electron chi connectivity index (χ4n) is 4.24. The smallest absolute Gasteiger partial charge is 0.0784 e. The van der Waals surface area contributed by atoms with Crippen molar-refractivity contribution in [1.82, 2.24) is 4.98 Å². The van der Waals surface area contributed by atoms with Crippen LogP contribution >= 0.6 is 0 Å². The van der Waals surface area contributed by atoms with E-state index in [2.05, 4.69) is 98.5 Å². The fraction of sp³-hybridized carbons (Fsp3) is 0.115. The maximum atomic E-state index is 4.83. The van der Waals surface area contributed by atoms with Gasteiger partial charge in [0, 0.05) is 17.1 Å². The standard InChI is InChI=1S/C26H23NSi/c1-28(2,3)25-17-20(16-19-9-5-7-11-22(19)25)26-24-13-12-18-8-4-6-10-21(18)23(24)14-15-27-26/h4-17H,1-3H3. The van der Waals surface area contributed by atoms with Crippen LogP contribution in [0, 0.1) is 0 Å². The van der Waals surface area contributed by atoms with Crippen LogP contribution in [-0.4, -0.2) is 13.1 Å². The molecular formula is C26H23NSi. The van der Waals surface area contributed by atoms with Crippen molar-refractivity contribution in [1.29, 1.82) is 0 Å². The Morgan fingerprint density at radius 3 is 2.11 bits per heavy atom. The average Bonchev–Trinajstić information content (AvgIpc) is 2.71. The van der Waals surface area contributed by atoms with Crippen LogP contribution in [0.4, 0.5) is 0 Å². The summed E-state index contributed by atoms with van der Waals surface area (Å²) in [5.41, 5.74) is 2.30. The number of nitrogens with zero attached hydrogens (tertiary/aromatic N) is 1. The van der Waals surface area contributed by atoms with Crippen molar-refractivity contribution in [2.24, 2.45) is 0 Å². The largest absolute Gasteiger partial charge is 0.256 e. The Hall–Kier alpha value is -2.97. The highest BCUT2D eigenvalue weighted by molar-refractivity contribution is 6.90. The molecule has 4 aromatic carbocycles. The van der Waals surface area contributed by atoms with Gasteiger partial charge in [0.1, 0.15) is 0 Å². The maximum Gasteiger partial charge on any atom is 0.0784 e. The molecule has 2 heteroatoms. The molecule has 0 aliphatic heterocycles. The second kappa shape index (κ2) is 6.28. The van der Waals surface area contributed by atoms with E-state index in [4.69, 9.17) is 4.98 Å². The number of aromatic nitrogens is 1. The molecule has 1 heterocycles. The van der Waals surface area contributed by atoms with Crippen molar-refractivity contribution in [2.75, 3.05) is 0 Å². The van der Waals surface area contributed by atoms with Gasteiger partial charge in [0.25, 0.3) is 0 Å². The average molecular weight is 378 g/mol. The van der Waals surface area contributed by atoms with Crippen molar-refractivity contribution in [3.05, 3.63) is 85.1 Å². The lowest BCUT2D eigenvalue weighted by molar-refractivity contribution is 1.36. The van der Waals surface area contributed by atoms with Crippen LogP contribution in [0.2, 0.25) is 19.6 Å². The summed E-state index contributed by atoms with van der Waals surface area (Å²) in [5.74, 6) is 0. The summed E-state index contributed by atoms with van der Waals surface area (Å²) in [6.07, 6.45) is 1.95. The second-order valence-electron chi connectivity index (χ2n) is 8.54. The van der Waals surface area contributed by atoms with Gasteiger partial charge in [0.05, 0.1) is 13.8 Å². The minimum Gasteiger partial charge on any atom is -0.256 e. The van der Waals surface area contributed by atoms with Gasteiger partial charge >= 0.3 is 0 Å². The number of pyridine rings is 1. The van der Waals surface area contributed by atoms with Crippen LogP contribution in [0.1, 0.15) is 0 Å². The lowest BCUT2D eigenvalue weighted by atomic mass is 9.97. The van der Waals surface area contributed by atoms with E-state index in [1.165, 1.54) is 43.1 Å². The van der Waals surface area contributed by atoms with Gasteiger partial charge in [-0.25, -0.2) is 0 Å². The summed E-state index contributed by atoms with van der Waals surface area (Å²) in [7, 11) is -1.50. The zero-order chi connectivity index (χ0) is 19.3. The van der Waals surface area contributed by atoms with Crippen molar-refractivity contribution in [2.45, 2.75) is 19.6 Å². The minimum absolute atomic E-state index is 1.08. The van der Waals surface area contributed by atoms with Crippen LogP contribution in [-0.2, 0) is 0 Å². The van der Waals surface area contributed by atoms with E-state index in [1.807, 2.05) is 6.20 Å². The summed E-state index contributed by atoms with van der Waals surface area (Å²) in [5, 5.41) is 9.24. The van der Waals surface area contributed by atoms with E-state index in [0.29, 0.717) is 0 Å². The van der Waals surface area contributed by atoms with Gasteiger partial charge in [-0.1, -0.05) is 91.6 Å². The van der Waals surface area contributed by atoms with Gasteiger partial charge < -0.3 is 0 Å². The highest BCUT2D eigenvalue weighted by Gasteiger charge is 2.21. The molecule has 1 aromatic heterocycles. The monoisotopic (exact) mass is 377 g/mol. The first kappa shape index (κ1) is 17.1. The molecule has 28 heavy (non-hydrogen) atoms. The van der Waals surface area contributed by atoms with Crippen molar-refractivity contribution in [3.8, 4) is 11.3 Å². The minimum atomic E-state index is -1.50. The molecular weight excluding hydrogens is 354 g/mol. The Bertz CT molecular complexity index is 1350. The Morgan fingerprint density at radius 1 is 0.607 bits per heavy atom. The zero-order valence-electron chi connectivity index (χ0n) is 16.5. The molecule has 5 rings (SSSR count). The molecule has 0 fully saturated rings. The Kier molecular flexibility index (Phi) is 3.85. The third-order valence-electron chi connectivity index (χ3n) is 5.61. The van der Waals surface area contributed by atoms with E-state index in [9.17, 15) is 0 Å². The normalized spacial score (nSPS) is 12.1. The third-order valence-corrected chi connectivity index (χ3v) is 7.64. The maximum absolute atomic E-state index is 4.83. The lowest BCUT2D eigenvalue weighted by Crippen LogP contribution is -2.38. The predicted octanol–water partition coefficient (Wildman–Crippen LogP) is 6.75. The SMILES string of the molecule is C[Si](C)(C)c1cc(-c2nccc3c2ccc2ccccc23)cc2ccccc12. The topological polar surface area (TPSA) is 12.9 Å². The molecule has 0 bridgehead atoms. The summed E-state index contributed by atoms with van der Waals surface area (Å²) < 4.78 is 0. The summed E-state index contributed by atoms with van der Waals surface area (Å²) >= 11 is 0. The number of hydrogen-bond acceptors (Lipinski definition) is 1. The fourth-order valence-corrected chi connectivity index (χ4v) is 5.86. The van der Waals surface area contributed by atoms with Gasteiger partial charge in [-0.05, 0) is 39.1 Å². The molecule has 0 atom stereocenters. The molecule has 0 spiro atoms. The molecule has 136 valence electrons. The molecule has 0 amide bonds. The van der Waals surface area contributed by atoms with Crippen LogP contribution in [0.3, 0.4) is 0 Å². The molecule has 5 aromatic rings. The van der Waals surface area contributed by atoms with Crippen LogP contribution in [0.15, 0.2) is 85.1 Å². The van der Waals surface area contributed by atoms with Gasteiger partial charge in [-0.15, -0.1) is 0 Å². The molecule has 0 aliphatic rings. The van der Waals surface area contributed by atoms with Crippen LogP contribution < -0.4 is 5.19 Å². The summed E-state index contributed by atoms with van der Waals surface area (Å²) in [6.45, 7) is 7.26. The molecule has 0 unspecified atom stereocenters. The van der Waals surface area contributed by atoms with E-state index in [-0.39, 0.29) is 0 Å². The van der Waals surface area contributed by atoms with Crippen molar-refractivity contribution in [3.63, 3.8) is 0 Å². The molecule has 0 saturated heterocycles. The first-order valence-corrected chi connectivity index (χ1v) is 13.3. The predicted molar refractivity (Wildman–Crippen MR) is 125 cm³/mol. The number of fused-ring (bicyclic) bond motifs is 4. The van der Waals surface area contributed by atoms with Gasteiger partial charge in [-0.2, -0.15) is 0 Å².